The molecule has 0 radical (unpaired) electrons. The fraction of sp³-hybridized carbons (Fsp3) is 0.250. The zero-order valence-electron chi connectivity index (χ0n) is 17.1. The molecule has 1 aliphatic rings. The van der Waals surface area contributed by atoms with E-state index in [1.54, 1.807) is 24.5 Å². The van der Waals surface area contributed by atoms with Gasteiger partial charge < -0.3 is 14.4 Å². The van der Waals surface area contributed by atoms with Crippen molar-refractivity contribution in [3.05, 3.63) is 75.7 Å². The quantitative estimate of drug-likeness (QED) is 0.525. The number of anilines is 1. The van der Waals surface area contributed by atoms with Crippen LogP contribution in [0, 0.1) is 6.92 Å². The van der Waals surface area contributed by atoms with Crippen LogP contribution in [0.15, 0.2) is 53.9 Å². The summed E-state index contributed by atoms with van der Waals surface area (Å²) in [5.74, 6) is 1.55. The summed E-state index contributed by atoms with van der Waals surface area (Å²) in [5.41, 5.74) is 3.96. The third kappa shape index (κ3) is 4.71. The molecule has 2 heterocycles. The zero-order valence-corrected chi connectivity index (χ0v) is 17.9. The summed E-state index contributed by atoms with van der Waals surface area (Å²) in [6.07, 6.45) is 5.36. The lowest BCUT2D eigenvalue weighted by molar-refractivity contribution is -0.114. The average molecular weight is 421 g/mol. The number of benzene rings is 2. The summed E-state index contributed by atoms with van der Waals surface area (Å²) in [5, 5.41) is 3.03. The van der Waals surface area contributed by atoms with Crippen LogP contribution in [0.25, 0.3) is 6.08 Å². The lowest BCUT2D eigenvalue weighted by Gasteiger charge is -2.29. The number of methoxy groups -OCH3 is 1. The molecule has 0 saturated heterocycles. The first-order valence-electron chi connectivity index (χ1n) is 9.93. The van der Waals surface area contributed by atoms with Crippen molar-refractivity contribution in [1.29, 1.82) is 0 Å². The molecule has 4 rings (SSSR count). The molecule has 0 saturated carbocycles. The van der Waals surface area contributed by atoms with Gasteiger partial charge in [-0.3, -0.25) is 4.79 Å². The van der Waals surface area contributed by atoms with Crippen molar-refractivity contribution >= 4 is 29.0 Å². The van der Waals surface area contributed by atoms with Crippen molar-refractivity contribution in [2.45, 2.75) is 26.4 Å². The molecule has 0 spiro atoms. The SMILES string of the molecule is COc1ccc2c(c1)CCCN2C(=O)/C=C/c1cccc(OCc2csc(C)n2)c1. The second-order valence-electron chi connectivity index (χ2n) is 7.14. The van der Waals surface area contributed by atoms with Crippen molar-refractivity contribution in [2.24, 2.45) is 0 Å². The Balaban J connectivity index is 1.43. The third-order valence-electron chi connectivity index (χ3n) is 5.00. The van der Waals surface area contributed by atoms with E-state index < -0.39 is 0 Å². The number of hydrogen-bond acceptors (Lipinski definition) is 5. The molecule has 3 aromatic rings. The summed E-state index contributed by atoms with van der Waals surface area (Å²) in [6.45, 7) is 3.14. The number of carbonyl (C=O) groups is 1. The summed E-state index contributed by atoms with van der Waals surface area (Å²) < 4.78 is 11.1. The minimum atomic E-state index is -0.0228. The number of carbonyl (C=O) groups excluding carboxylic acids is 1. The smallest absolute Gasteiger partial charge is 0.250 e. The number of rotatable bonds is 6. The number of aryl methyl sites for hydroxylation is 2. The summed E-state index contributed by atoms with van der Waals surface area (Å²) in [4.78, 5) is 19.1. The lowest BCUT2D eigenvalue weighted by atomic mass is 10.0. The topological polar surface area (TPSA) is 51.7 Å². The van der Waals surface area contributed by atoms with Crippen LogP contribution in [-0.4, -0.2) is 24.5 Å². The predicted octanol–water partition coefficient (Wildman–Crippen LogP) is 5.03. The number of nitrogens with zero attached hydrogens (tertiary/aromatic N) is 2. The highest BCUT2D eigenvalue weighted by atomic mass is 32.1. The van der Waals surface area contributed by atoms with Gasteiger partial charge in [-0.05, 0) is 67.3 Å². The van der Waals surface area contributed by atoms with E-state index in [0.29, 0.717) is 6.61 Å². The molecule has 6 heteroatoms. The number of ether oxygens (including phenoxy) is 2. The van der Waals surface area contributed by atoms with Crippen LogP contribution in [0.3, 0.4) is 0 Å². The molecule has 1 aromatic heterocycles. The van der Waals surface area contributed by atoms with E-state index >= 15 is 0 Å². The van der Waals surface area contributed by atoms with Crippen LogP contribution >= 0.6 is 11.3 Å². The molecule has 0 bridgehead atoms. The van der Waals surface area contributed by atoms with Crippen LogP contribution in [0.4, 0.5) is 5.69 Å². The number of thiazole rings is 1. The Bertz CT molecular complexity index is 1070. The molecule has 5 nitrogen and oxygen atoms in total. The van der Waals surface area contributed by atoms with Gasteiger partial charge in [0.1, 0.15) is 18.1 Å². The standard InChI is InChI=1S/C24H24N2O3S/c1-17-25-20(16-30-17)15-29-22-7-3-5-18(13-22)8-11-24(27)26-12-4-6-19-14-21(28-2)9-10-23(19)26/h3,5,7-11,13-14,16H,4,6,12,15H2,1-2H3/b11-8+. The Morgan fingerprint density at radius 3 is 2.93 bits per heavy atom. The van der Waals surface area contributed by atoms with Gasteiger partial charge in [0.15, 0.2) is 0 Å². The highest BCUT2D eigenvalue weighted by molar-refractivity contribution is 7.09. The molecular formula is C24H24N2O3S. The van der Waals surface area contributed by atoms with E-state index in [0.717, 1.165) is 58.4 Å². The fourth-order valence-corrected chi connectivity index (χ4v) is 4.12. The van der Waals surface area contributed by atoms with Gasteiger partial charge in [0, 0.05) is 23.7 Å². The Hall–Kier alpha value is -3.12. The zero-order chi connectivity index (χ0) is 20.9. The minimum absolute atomic E-state index is 0.0228. The van der Waals surface area contributed by atoms with Gasteiger partial charge in [-0.25, -0.2) is 4.98 Å². The van der Waals surface area contributed by atoms with E-state index in [1.165, 1.54) is 0 Å². The first-order chi connectivity index (χ1) is 14.6. The highest BCUT2D eigenvalue weighted by Gasteiger charge is 2.21. The van der Waals surface area contributed by atoms with Gasteiger partial charge in [0.05, 0.1) is 17.8 Å². The molecule has 1 aliphatic heterocycles. The average Bonchev–Trinajstić information content (AvgIpc) is 3.20. The van der Waals surface area contributed by atoms with Crippen molar-refractivity contribution in [1.82, 2.24) is 4.98 Å². The van der Waals surface area contributed by atoms with Crippen molar-refractivity contribution in [3.63, 3.8) is 0 Å². The number of amides is 1. The number of fused-ring (bicyclic) bond motifs is 1. The maximum atomic E-state index is 12.9. The van der Waals surface area contributed by atoms with Crippen LogP contribution in [0.1, 0.15) is 28.2 Å². The monoisotopic (exact) mass is 420 g/mol. The molecule has 0 N–H and O–H groups in total. The van der Waals surface area contributed by atoms with Crippen molar-refractivity contribution in [3.8, 4) is 11.5 Å². The second-order valence-corrected chi connectivity index (χ2v) is 8.20. The summed E-state index contributed by atoms with van der Waals surface area (Å²) in [7, 11) is 1.66. The maximum absolute atomic E-state index is 12.9. The largest absolute Gasteiger partial charge is 0.497 e. The Morgan fingerprint density at radius 1 is 1.23 bits per heavy atom. The fourth-order valence-electron chi connectivity index (χ4n) is 3.53. The molecule has 1 amide bonds. The maximum Gasteiger partial charge on any atom is 0.250 e. The highest BCUT2D eigenvalue weighted by Crippen LogP contribution is 2.30. The van der Waals surface area contributed by atoms with E-state index in [4.69, 9.17) is 9.47 Å². The molecule has 2 aromatic carbocycles. The predicted molar refractivity (Wildman–Crippen MR) is 120 cm³/mol. The molecule has 30 heavy (non-hydrogen) atoms. The molecular weight excluding hydrogens is 396 g/mol. The first-order valence-corrected chi connectivity index (χ1v) is 10.8. The Morgan fingerprint density at radius 2 is 2.13 bits per heavy atom. The molecule has 0 unspecified atom stereocenters. The van der Waals surface area contributed by atoms with Gasteiger partial charge >= 0.3 is 0 Å². The van der Waals surface area contributed by atoms with Gasteiger partial charge in [-0.15, -0.1) is 11.3 Å². The Kier molecular flexibility index (Phi) is 6.14. The van der Waals surface area contributed by atoms with E-state index in [-0.39, 0.29) is 5.91 Å². The van der Waals surface area contributed by atoms with Crippen LogP contribution in [0.5, 0.6) is 11.5 Å². The number of hydrogen-bond donors (Lipinski definition) is 0. The summed E-state index contributed by atoms with van der Waals surface area (Å²) in [6, 6.07) is 13.6. The summed E-state index contributed by atoms with van der Waals surface area (Å²) >= 11 is 1.61. The Labute approximate surface area is 180 Å². The first kappa shape index (κ1) is 20.2. The second kappa shape index (κ2) is 9.13. The van der Waals surface area contributed by atoms with Gasteiger partial charge in [-0.2, -0.15) is 0 Å². The molecule has 0 aliphatic carbocycles. The van der Waals surface area contributed by atoms with Gasteiger partial charge in [-0.1, -0.05) is 12.1 Å². The van der Waals surface area contributed by atoms with E-state index in [9.17, 15) is 4.79 Å². The van der Waals surface area contributed by atoms with Crippen LogP contribution < -0.4 is 14.4 Å². The van der Waals surface area contributed by atoms with Crippen molar-refractivity contribution < 1.29 is 14.3 Å². The molecule has 154 valence electrons. The normalized spacial score (nSPS) is 13.3. The lowest BCUT2D eigenvalue weighted by Crippen LogP contribution is -2.34. The minimum Gasteiger partial charge on any atom is -0.497 e. The number of aromatic nitrogens is 1. The van der Waals surface area contributed by atoms with E-state index in [2.05, 4.69) is 4.98 Å². The van der Waals surface area contributed by atoms with Crippen LogP contribution in [0.2, 0.25) is 0 Å². The molecule has 0 atom stereocenters. The third-order valence-corrected chi connectivity index (χ3v) is 5.82. The molecule has 0 fully saturated rings. The van der Waals surface area contributed by atoms with Gasteiger partial charge in [0.25, 0.3) is 5.91 Å². The van der Waals surface area contributed by atoms with Crippen LogP contribution in [-0.2, 0) is 17.8 Å². The van der Waals surface area contributed by atoms with Gasteiger partial charge in [0.2, 0.25) is 0 Å². The van der Waals surface area contributed by atoms with E-state index in [1.807, 2.05) is 65.7 Å². The van der Waals surface area contributed by atoms with Crippen molar-refractivity contribution in [2.75, 3.05) is 18.6 Å².